The third kappa shape index (κ3) is 4.52. The van der Waals surface area contributed by atoms with Gasteiger partial charge in [0.25, 0.3) is 0 Å². The fourth-order valence-electron chi connectivity index (χ4n) is 4.81. The first kappa shape index (κ1) is 19.9. The van der Waals surface area contributed by atoms with Crippen LogP contribution < -0.4 is 0 Å². The molecule has 1 aliphatic carbocycles. The Morgan fingerprint density at radius 3 is 2.48 bits per heavy atom. The Labute approximate surface area is 161 Å². The number of ether oxygens (including phenoxy) is 1. The van der Waals surface area contributed by atoms with Gasteiger partial charge in [0.05, 0.1) is 11.0 Å². The number of piperidine rings is 1. The van der Waals surface area contributed by atoms with Gasteiger partial charge < -0.3 is 14.7 Å². The largest absolute Gasteiger partial charge is 0.478 e. The molecule has 2 aliphatic rings. The van der Waals surface area contributed by atoms with Crippen molar-refractivity contribution in [3.63, 3.8) is 0 Å². The predicted octanol–water partition coefficient (Wildman–Crippen LogP) is 3.76. The number of hydrogen-bond acceptors (Lipinski definition) is 3. The standard InChI is InChI=1S/C22H31NO4/c1-27-15-12-22(10-4-5-11-22)21(26)23-13-8-17(9-14-23)16-18-6-2-3-7-19(18)20(24)25/h2-3,6-7,17H,4-5,8-16H2,1H3,(H,24,25). The number of amides is 1. The Hall–Kier alpha value is -1.88. The highest BCUT2D eigenvalue weighted by Gasteiger charge is 2.43. The molecule has 0 unspecified atom stereocenters. The number of aromatic carboxylic acids is 1. The van der Waals surface area contributed by atoms with Crippen LogP contribution in [0.25, 0.3) is 0 Å². The van der Waals surface area contributed by atoms with Crippen molar-refractivity contribution in [2.75, 3.05) is 26.8 Å². The summed E-state index contributed by atoms with van der Waals surface area (Å²) in [5, 5.41) is 9.37. The van der Waals surface area contributed by atoms with Crippen molar-refractivity contribution in [3.05, 3.63) is 35.4 Å². The summed E-state index contributed by atoms with van der Waals surface area (Å²) in [5.41, 5.74) is 1.10. The maximum absolute atomic E-state index is 13.2. The summed E-state index contributed by atoms with van der Waals surface area (Å²) < 4.78 is 5.26. The summed E-state index contributed by atoms with van der Waals surface area (Å²) in [6.07, 6.45) is 7.74. The van der Waals surface area contributed by atoms with E-state index in [1.54, 1.807) is 19.2 Å². The highest BCUT2D eigenvalue weighted by Crippen LogP contribution is 2.43. The molecule has 1 heterocycles. The molecule has 27 heavy (non-hydrogen) atoms. The SMILES string of the molecule is COCCC1(C(=O)N2CCC(Cc3ccccc3C(=O)O)CC2)CCCC1. The molecule has 0 spiro atoms. The van der Waals surface area contributed by atoms with Crippen molar-refractivity contribution in [2.24, 2.45) is 11.3 Å². The maximum atomic E-state index is 13.2. The maximum Gasteiger partial charge on any atom is 0.335 e. The average molecular weight is 373 g/mol. The Bertz CT molecular complexity index is 658. The minimum atomic E-state index is -0.862. The summed E-state index contributed by atoms with van der Waals surface area (Å²) in [6.45, 7) is 2.22. The van der Waals surface area contributed by atoms with Crippen LogP contribution in [0.15, 0.2) is 24.3 Å². The van der Waals surface area contributed by atoms with Crippen molar-refractivity contribution >= 4 is 11.9 Å². The number of carbonyl (C=O) groups excluding carboxylic acids is 1. The number of nitrogens with zero attached hydrogens (tertiary/aromatic N) is 1. The van der Waals surface area contributed by atoms with Gasteiger partial charge in [0.1, 0.15) is 0 Å². The van der Waals surface area contributed by atoms with E-state index >= 15 is 0 Å². The lowest BCUT2D eigenvalue weighted by Gasteiger charge is -2.38. The second-order valence-corrected chi connectivity index (χ2v) is 8.13. The molecule has 3 rings (SSSR count). The monoisotopic (exact) mass is 373 g/mol. The normalized spacial score (nSPS) is 20.0. The number of carboxylic acid groups (broad SMARTS) is 1. The molecular weight excluding hydrogens is 342 g/mol. The first-order valence-corrected chi connectivity index (χ1v) is 10.2. The van der Waals surface area contributed by atoms with Crippen LogP contribution in [0.3, 0.4) is 0 Å². The fraction of sp³-hybridized carbons (Fsp3) is 0.636. The Morgan fingerprint density at radius 1 is 1.19 bits per heavy atom. The van der Waals surface area contributed by atoms with Crippen molar-refractivity contribution in [1.29, 1.82) is 0 Å². The first-order valence-electron chi connectivity index (χ1n) is 10.2. The topological polar surface area (TPSA) is 66.8 Å². The summed E-state index contributed by atoms with van der Waals surface area (Å²) in [6, 6.07) is 7.27. The minimum absolute atomic E-state index is 0.210. The second kappa shape index (κ2) is 8.87. The number of carboxylic acids is 1. The van der Waals surface area contributed by atoms with Crippen molar-refractivity contribution < 1.29 is 19.4 Å². The van der Waals surface area contributed by atoms with E-state index in [1.165, 1.54) is 0 Å². The third-order valence-corrected chi connectivity index (χ3v) is 6.46. The number of carbonyl (C=O) groups is 2. The highest BCUT2D eigenvalue weighted by molar-refractivity contribution is 5.89. The zero-order chi connectivity index (χ0) is 19.3. The van der Waals surface area contributed by atoms with Gasteiger partial charge in [-0.2, -0.15) is 0 Å². The third-order valence-electron chi connectivity index (χ3n) is 6.46. The molecule has 1 saturated carbocycles. The van der Waals surface area contributed by atoms with Crippen molar-refractivity contribution in [1.82, 2.24) is 4.90 Å². The number of hydrogen-bond donors (Lipinski definition) is 1. The van der Waals surface area contributed by atoms with Gasteiger partial charge in [0, 0.05) is 26.8 Å². The summed E-state index contributed by atoms with van der Waals surface area (Å²) in [7, 11) is 1.70. The van der Waals surface area contributed by atoms with Gasteiger partial charge in [-0.1, -0.05) is 31.0 Å². The average Bonchev–Trinajstić information content (AvgIpc) is 3.17. The lowest BCUT2D eigenvalue weighted by Crippen LogP contribution is -2.47. The first-order chi connectivity index (χ1) is 13.1. The molecule has 1 aliphatic heterocycles. The van der Waals surface area contributed by atoms with Crippen LogP contribution in [0.4, 0.5) is 0 Å². The van der Waals surface area contributed by atoms with Crippen LogP contribution in [0, 0.1) is 11.3 Å². The van der Waals surface area contributed by atoms with Crippen molar-refractivity contribution in [3.8, 4) is 0 Å². The lowest BCUT2D eigenvalue weighted by atomic mass is 9.80. The van der Waals surface area contributed by atoms with Crippen LogP contribution in [-0.4, -0.2) is 48.7 Å². The van der Waals surface area contributed by atoms with E-state index in [2.05, 4.69) is 4.90 Å². The summed E-state index contributed by atoms with van der Waals surface area (Å²) in [5.74, 6) is -0.103. The molecule has 148 valence electrons. The van der Waals surface area contributed by atoms with E-state index in [0.717, 1.165) is 70.0 Å². The van der Waals surface area contributed by atoms with Crippen LogP contribution in [0.5, 0.6) is 0 Å². The zero-order valence-corrected chi connectivity index (χ0v) is 16.3. The van der Waals surface area contributed by atoms with E-state index < -0.39 is 5.97 Å². The van der Waals surface area contributed by atoms with E-state index in [4.69, 9.17) is 4.74 Å². The Kier molecular flexibility index (Phi) is 6.53. The van der Waals surface area contributed by atoms with Crippen LogP contribution >= 0.6 is 0 Å². The molecule has 0 aromatic heterocycles. The van der Waals surface area contributed by atoms with Gasteiger partial charge in [0.15, 0.2) is 0 Å². The van der Waals surface area contributed by atoms with E-state index in [9.17, 15) is 14.7 Å². The lowest BCUT2D eigenvalue weighted by molar-refractivity contribution is -0.144. The van der Waals surface area contributed by atoms with Crippen molar-refractivity contribution in [2.45, 2.75) is 51.4 Å². The summed E-state index contributed by atoms with van der Waals surface area (Å²) in [4.78, 5) is 26.7. The minimum Gasteiger partial charge on any atom is -0.478 e. The molecular formula is C22H31NO4. The number of likely N-dealkylation sites (tertiary alicyclic amines) is 1. The van der Waals surface area contributed by atoms with Crippen LogP contribution in [0.1, 0.15) is 60.9 Å². The second-order valence-electron chi connectivity index (χ2n) is 8.13. The quantitative estimate of drug-likeness (QED) is 0.790. The zero-order valence-electron chi connectivity index (χ0n) is 16.3. The number of rotatable bonds is 7. The molecule has 0 atom stereocenters. The van der Waals surface area contributed by atoms with E-state index in [-0.39, 0.29) is 5.41 Å². The molecule has 0 bridgehead atoms. The molecule has 5 heteroatoms. The molecule has 1 aromatic carbocycles. The van der Waals surface area contributed by atoms with Gasteiger partial charge in [-0.25, -0.2) is 4.79 Å². The highest BCUT2D eigenvalue weighted by atomic mass is 16.5. The molecule has 1 aromatic rings. The van der Waals surface area contributed by atoms with Crippen LogP contribution in [-0.2, 0) is 16.0 Å². The van der Waals surface area contributed by atoms with Crippen LogP contribution in [0.2, 0.25) is 0 Å². The Morgan fingerprint density at radius 2 is 1.85 bits per heavy atom. The molecule has 0 radical (unpaired) electrons. The molecule has 5 nitrogen and oxygen atoms in total. The van der Waals surface area contributed by atoms with Gasteiger partial charge in [0.2, 0.25) is 5.91 Å². The predicted molar refractivity (Wildman–Crippen MR) is 104 cm³/mol. The van der Waals surface area contributed by atoms with E-state index in [1.807, 2.05) is 12.1 Å². The smallest absolute Gasteiger partial charge is 0.335 e. The molecule has 1 N–H and O–H groups in total. The fourth-order valence-corrected chi connectivity index (χ4v) is 4.81. The molecule has 1 amide bonds. The van der Waals surface area contributed by atoms with Gasteiger partial charge in [-0.3, -0.25) is 4.79 Å². The number of methoxy groups -OCH3 is 1. The van der Waals surface area contributed by atoms with Gasteiger partial charge in [-0.05, 0) is 56.1 Å². The molecule has 2 fully saturated rings. The summed E-state index contributed by atoms with van der Waals surface area (Å²) >= 11 is 0. The number of benzene rings is 1. The molecule has 1 saturated heterocycles. The Balaban J connectivity index is 1.59. The van der Waals surface area contributed by atoms with Gasteiger partial charge >= 0.3 is 5.97 Å². The van der Waals surface area contributed by atoms with E-state index in [0.29, 0.717) is 24.0 Å². The van der Waals surface area contributed by atoms with Gasteiger partial charge in [-0.15, -0.1) is 0 Å².